The van der Waals surface area contributed by atoms with Crippen molar-refractivity contribution in [3.05, 3.63) is 65.2 Å². The quantitative estimate of drug-likeness (QED) is 0.497. The smallest absolute Gasteiger partial charge is 0.407 e. The van der Waals surface area contributed by atoms with Crippen molar-refractivity contribution in [2.45, 2.75) is 39.3 Å². The molecule has 0 aliphatic carbocycles. The number of amides is 5. The zero-order chi connectivity index (χ0) is 25.6. The van der Waals surface area contributed by atoms with Crippen molar-refractivity contribution in [1.82, 2.24) is 15.5 Å². The van der Waals surface area contributed by atoms with Gasteiger partial charge in [0.2, 0.25) is 11.8 Å². The lowest BCUT2D eigenvalue weighted by atomic mass is 10.1. The number of nitrogens with one attached hydrogen (secondary N) is 3. The molecule has 0 bridgehead atoms. The van der Waals surface area contributed by atoms with E-state index in [9.17, 15) is 24.0 Å². The lowest BCUT2D eigenvalue weighted by Crippen LogP contribution is -2.37. The van der Waals surface area contributed by atoms with E-state index < -0.39 is 36.0 Å². The molecule has 0 spiro atoms. The molecule has 3 N–H and O–H groups in total. The Bertz CT molecular complexity index is 1120. The van der Waals surface area contributed by atoms with Gasteiger partial charge in [-0.1, -0.05) is 24.3 Å². The maximum Gasteiger partial charge on any atom is 0.407 e. The van der Waals surface area contributed by atoms with E-state index in [-0.39, 0.29) is 36.5 Å². The van der Waals surface area contributed by atoms with E-state index in [0.717, 1.165) is 10.5 Å². The molecule has 0 saturated carbocycles. The van der Waals surface area contributed by atoms with Crippen molar-refractivity contribution in [2.75, 3.05) is 18.4 Å². The molecule has 0 atom stereocenters. The molecule has 10 nitrogen and oxygen atoms in total. The third-order valence-corrected chi connectivity index (χ3v) is 4.90. The Balaban J connectivity index is 1.45. The molecule has 0 unspecified atom stereocenters. The Labute approximate surface area is 203 Å². The fourth-order valence-corrected chi connectivity index (χ4v) is 3.37. The molecule has 0 aromatic heterocycles. The summed E-state index contributed by atoms with van der Waals surface area (Å²) in [7, 11) is 0. The molecule has 3 rings (SSSR count). The van der Waals surface area contributed by atoms with Crippen LogP contribution in [0.25, 0.3) is 0 Å². The van der Waals surface area contributed by atoms with Crippen LogP contribution in [0.15, 0.2) is 48.5 Å². The molecular formula is C25H28N4O6. The first-order chi connectivity index (χ1) is 16.5. The van der Waals surface area contributed by atoms with Crippen LogP contribution < -0.4 is 16.0 Å². The molecule has 2 aromatic rings. The molecular weight excluding hydrogens is 452 g/mol. The van der Waals surface area contributed by atoms with E-state index in [1.54, 1.807) is 69.3 Å². The average molecular weight is 481 g/mol. The van der Waals surface area contributed by atoms with Gasteiger partial charge >= 0.3 is 6.09 Å². The van der Waals surface area contributed by atoms with Gasteiger partial charge in [0.05, 0.1) is 11.1 Å². The Morgan fingerprint density at radius 3 is 2.17 bits per heavy atom. The molecule has 35 heavy (non-hydrogen) atoms. The van der Waals surface area contributed by atoms with Gasteiger partial charge in [0, 0.05) is 25.2 Å². The van der Waals surface area contributed by atoms with E-state index in [1.807, 2.05) is 0 Å². The molecule has 0 radical (unpaired) electrons. The second-order valence-electron chi connectivity index (χ2n) is 8.95. The van der Waals surface area contributed by atoms with Gasteiger partial charge in [-0.05, 0) is 50.6 Å². The number of rotatable bonds is 8. The molecule has 2 aromatic carbocycles. The van der Waals surface area contributed by atoms with Crippen molar-refractivity contribution in [1.29, 1.82) is 0 Å². The fraction of sp³-hybridized carbons (Fsp3) is 0.320. The highest BCUT2D eigenvalue weighted by Crippen LogP contribution is 2.22. The van der Waals surface area contributed by atoms with Crippen molar-refractivity contribution >= 4 is 35.4 Å². The van der Waals surface area contributed by atoms with Crippen LogP contribution in [0.2, 0.25) is 0 Å². The molecule has 0 saturated heterocycles. The second-order valence-corrected chi connectivity index (χ2v) is 8.95. The van der Waals surface area contributed by atoms with E-state index in [1.165, 1.54) is 0 Å². The first-order valence-corrected chi connectivity index (χ1v) is 11.1. The van der Waals surface area contributed by atoms with Crippen LogP contribution in [0.3, 0.4) is 0 Å². The Morgan fingerprint density at radius 1 is 0.886 bits per heavy atom. The van der Waals surface area contributed by atoms with E-state index >= 15 is 0 Å². The monoisotopic (exact) mass is 480 g/mol. The van der Waals surface area contributed by atoms with Crippen LogP contribution >= 0.6 is 0 Å². The highest BCUT2D eigenvalue weighted by atomic mass is 16.6. The Hall–Kier alpha value is -4.21. The van der Waals surface area contributed by atoms with E-state index in [4.69, 9.17) is 4.74 Å². The molecule has 184 valence electrons. The number of ether oxygens (including phenoxy) is 1. The topological polar surface area (TPSA) is 134 Å². The number of fused-ring (bicyclic) bond motifs is 1. The Morgan fingerprint density at radius 2 is 1.54 bits per heavy atom. The van der Waals surface area contributed by atoms with Gasteiger partial charge in [0.1, 0.15) is 12.1 Å². The number of carbonyl (C=O) groups excluding carboxylic acids is 5. The van der Waals surface area contributed by atoms with Gasteiger partial charge in [-0.25, -0.2) is 4.79 Å². The third kappa shape index (κ3) is 7.13. The lowest BCUT2D eigenvalue weighted by Gasteiger charge is -2.19. The van der Waals surface area contributed by atoms with Gasteiger partial charge in [0.25, 0.3) is 11.8 Å². The van der Waals surface area contributed by atoms with Gasteiger partial charge in [0.15, 0.2) is 0 Å². The molecule has 0 fully saturated rings. The van der Waals surface area contributed by atoms with Gasteiger partial charge < -0.3 is 20.7 Å². The average Bonchev–Trinajstić information content (AvgIpc) is 3.02. The second kappa shape index (κ2) is 10.8. The summed E-state index contributed by atoms with van der Waals surface area (Å²) in [5.41, 5.74) is 1.15. The summed E-state index contributed by atoms with van der Waals surface area (Å²) in [4.78, 5) is 61.9. The minimum Gasteiger partial charge on any atom is -0.444 e. The van der Waals surface area contributed by atoms with Crippen LogP contribution in [0.4, 0.5) is 10.5 Å². The maximum atomic E-state index is 12.5. The van der Waals surface area contributed by atoms with Gasteiger partial charge in [-0.2, -0.15) is 0 Å². The highest BCUT2D eigenvalue weighted by molar-refractivity contribution is 6.22. The number of carbonyl (C=O) groups is 5. The van der Waals surface area contributed by atoms with Crippen LogP contribution in [0.5, 0.6) is 0 Å². The number of alkyl carbamates (subject to hydrolysis) is 1. The number of hydrogen-bond acceptors (Lipinski definition) is 6. The van der Waals surface area contributed by atoms with Crippen LogP contribution in [-0.4, -0.2) is 53.3 Å². The van der Waals surface area contributed by atoms with E-state index in [0.29, 0.717) is 5.69 Å². The number of hydrogen-bond donors (Lipinski definition) is 3. The third-order valence-electron chi connectivity index (χ3n) is 4.90. The van der Waals surface area contributed by atoms with Crippen LogP contribution in [0, 0.1) is 0 Å². The first kappa shape index (κ1) is 25.4. The summed E-state index contributed by atoms with van der Waals surface area (Å²) >= 11 is 0. The van der Waals surface area contributed by atoms with Crippen molar-refractivity contribution in [2.24, 2.45) is 0 Å². The predicted octanol–water partition coefficient (Wildman–Crippen LogP) is 2.45. The Kier molecular flexibility index (Phi) is 7.85. The minimum atomic E-state index is -0.614. The molecule has 1 heterocycles. The summed E-state index contributed by atoms with van der Waals surface area (Å²) in [5.74, 6) is -1.79. The fourth-order valence-electron chi connectivity index (χ4n) is 3.37. The normalized spacial score (nSPS) is 12.7. The lowest BCUT2D eigenvalue weighted by molar-refractivity contribution is -0.121. The number of imide groups is 1. The first-order valence-electron chi connectivity index (χ1n) is 11.1. The van der Waals surface area contributed by atoms with Crippen LogP contribution in [0.1, 0.15) is 53.5 Å². The SMILES string of the molecule is CC(C)(C)OC(=O)NCCC(=O)NCc1cccc(NC(=O)CN2C(=O)c3ccccc3C2=O)c1. The van der Waals surface area contributed by atoms with E-state index in [2.05, 4.69) is 16.0 Å². The molecule has 10 heteroatoms. The standard InChI is InChI=1S/C25H28N4O6/c1-25(2,3)35-24(34)26-12-11-20(30)27-14-16-7-6-8-17(13-16)28-21(31)15-29-22(32)18-9-4-5-10-19(18)23(29)33/h4-10,13H,11-12,14-15H2,1-3H3,(H,26,34)(H,27,30)(H,28,31). The van der Waals surface area contributed by atoms with Gasteiger partial charge in [-0.3, -0.25) is 24.1 Å². The summed E-state index contributed by atoms with van der Waals surface area (Å²) in [6.07, 6.45) is -0.509. The molecule has 1 aliphatic rings. The summed E-state index contributed by atoms with van der Waals surface area (Å²) < 4.78 is 5.11. The highest BCUT2D eigenvalue weighted by Gasteiger charge is 2.36. The van der Waals surface area contributed by atoms with Crippen LogP contribution in [-0.2, 0) is 20.9 Å². The van der Waals surface area contributed by atoms with Crippen molar-refractivity contribution in [3.63, 3.8) is 0 Å². The van der Waals surface area contributed by atoms with Gasteiger partial charge in [-0.15, -0.1) is 0 Å². The zero-order valence-corrected chi connectivity index (χ0v) is 19.8. The summed E-state index contributed by atoms with van der Waals surface area (Å²) in [6, 6.07) is 13.3. The molecule has 5 amide bonds. The number of benzene rings is 2. The summed E-state index contributed by atoms with van der Waals surface area (Å²) in [6.45, 7) is 5.20. The summed E-state index contributed by atoms with van der Waals surface area (Å²) in [5, 5.41) is 7.93. The zero-order valence-electron chi connectivity index (χ0n) is 19.8. The number of anilines is 1. The predicted molar refractivity (Wildman–Crippen MR) is 128 cm³/mol. The van der Waals surface area contributed by atoms with Crippen molar-refractivity contribution in [3.8, 4) is 0 Å². The minimum absolute atomic E-state index is 0.0793. The maximum absolute atomic E-state index is 12.5. The largest absolute Gasteiger partial charge is 0.444 e. The number of nitrogens with zero attached hydrogens (tertiary/aromatic N) is 1. The van der Waals surface area contributed by atoms with Crippen molar-refractivity contribution < 1.29 is 28.7 Å². The molecule has 1 aliphatic heterocycles.